The number of hydrogen-bond donors (Lipinski definition) is 2. The Morgan fingerprint density at radius 3 is 2.48 bits per heavy atom. The van der Waals surface area contributed by atoms with Gasteiger partial charge in [0.2, 0.25) is 0 Å². The molecule has 8 heteroatoms. The molecule has 0 atom stereocenters. The van der Waals surface area contributed by atoms with E-state index in [1.807, 2.05) is 6.07 Å². The number of carbonyl (C=O) groups is 3. The summed E-state index contributed by atoms with van der Waals surface area (Å²) in [6, 6.07) is 8.55. The lowest BCUT2D eigenvalue weighted by atomic mass is 9.94. The van der Waals surface area contributed by atoms with Gasteiger partial charge in [-0.15, -0.1) is 0 Å². The van der Waals surface area contributed by atoms with Crippen LogP contribution < -0.4 is 10.6 Å². The van der Waals surface area contributed by atoms with Crippen molar-refractivity contribution in [2.45, 2.75) is 32.4 Å². The number of hydrogen-bond acceptors (Lipinski definition) is 5. The lowest BCUT2D eigenvalue weighted by Gasteiger charge is -2.16. The number of aryl methyl sites for hydroxylation is 1. The predicted octanol–water partition coefficient (Wildman–Crippen LogP) is 3.99. The van der Waals surface area contributed by atoms with Crippen LogP contribution in [0.2, 0.25) is 0 Å². The maximum Gasteiger partial charge on any atom is 0.322 e. The van der Waals surface area contributed by atoms with Crippen molar-refractivity contribution in [1.29, 1.82) is 0 Å². The maximum atomic E-state index is 12.6. The van der Waals surface area contributed by atoms with Gasteiger partial charge in [0, 0.05) is 49.7 Å². The summed E-state index contributed by atoms with van der Waals surface area (Å²) in [6.07, 6.45) is 6.70. The second-order valence-corrected chi connectivity index (χ2v) is 7.69. The topological polar surface area (TPSA) is 105 Å². The van der Waals surface area contributed by atoms with Crippen LogP contribution in [0.4, 0.5) is 16.2 Å². The highest BCUT2D eigenvalue weighted by atomic mass is 16.3. The Kier molecular flexibility index (Phi) is 4.74. The summed E-state index contributed by atoms with van der Waals surface area (Å²) in [4.78, 5) is 43.2. The van der Waals surface area contributed by atoms with Gasteiger partial charge in [-0.1, -0.05) is 0 Å². The normalized spacial score (nSPS) is 14.7. The van der Waals surface area contributed by atoms with Crippen molar-refractivity contribution in [3.05, 3.63) is 77.0 Å². The van der Waals surface area contributed by atoms with Crippen LogP contribution in [-0.2, 0) is 19.5 Å². The second-order valence-electron chi connectivity index (χ2n) is 7.69. The lowest BCUT2D eigenvalue weighted by Crippen LogP contribution is -2.30. The van der Waals surface area contributed by atoms with Crippen molar-refractivity contribution in [3.8, 4) is 0 Å². The fourth-order valence-corrected chi connectivity index (χ4v) is 3.99. The quantitative estimate of drug-likeness (QED) is 0.672. The molecule has 0 bridgehead atoms. The third-order valence-electron chi connectivity index (χ3n) is 5.61. The van der Waals surface area contributed by atoms with Crippen molar-refractivity contribution in [2.24, 2.45) is 0 Å². The molecule has 0 unspecified atom stereocenters. The second kappa shape index (κ2) is 7.71. The average molecular weight is 416 g/mol. The summed E-state index contributed by atoms with van der Waals surface area (Å²) in [7, 11) is 0. The van der Waals surface area contributed by atoms with E-state index in [-0.39, 0.29) is 23.3 Å². The largest absolute Gasteiger partial charge is 0.468 e. The fourth-order valence-electron chi connectivity index (χ4n) is 3.99. The highest BCUT2D eigenvalue weighted by Gasteiger charge is 2.28. The molecule has 1 aliphatic carbocycles. The molecule has 2 N–H and O–H groups in total. The summed E-state index contributed by atoms with van der Waals surface area (Å²) in [5, 5.41) is 5.65. The van der Waals surface area contributed by atoms with Crippen molar-refractivity contribution >= 4 is 29.1 Å². The molecule has 5 rings (SSSR count). The van der Waals surface area contributed by atoms with Crippen molar-refractivity contribution < 1.29 is 18.8 Å². The van der Waals surface area contributed by atoms with E-state index in [9.17, 15) is 14.4 Å². The Labute approximate surface area is 178 Å². The van der Waals surface area contributed by atoms with Gasteiger partial charge in [0.1, 0.15) is 12.0 Å². The first-order chi connectivity index (χ1) is 15.1. The van der Waals surface area contributed by atoms with Crippen molar-refractivity contribution in [3.63, 3.8) is 0 Å². The molecule has 8 nitrogen and oxygen atoms in total. The summed E-state index contributed by atoms with van der Waals surface area (Å²) in [5.41, 5.74) is 3.99. The van der Waals surface area contributed by atoms with E-state index >= 15 is 0 Å². The maximum absolute atomic E-state index is 12.6. The minimum atomic E-state index is -0.388. The molecule has 1 aromatic carbocycles. The summed E-state index contributed by atoms with van der Waals surface area (Å²) >= 11 is 0. The molecule has 0 fully saturated rings. The van der Waals surface area contributed by atoms with E-state index in [1.54, 1.807) is 41.6 Å². The molecule has 0 spiro atoms. The molecule has 3 amide bonds. The molecular weight excluding hydrogens is 396 g/mol. The lowest BCUT2D eigenvalue weighted by molar-refractivity contribution is 0.0955. The van der Waals surface area contributed by atoms with Crippen LogP contribution >= 0.6 is 0 Å². The first-order valence-electron chi connectivity index (χ1n) is 10.1. The fraction of sp³-hybridized carbons (Fsp3) is 0.217. The number of fused-ring (bicyclic) bond motifs is 2. The van der Waals surface area contributed by atoms with Crippen LogP contribution in [0.1, 0.15) is 50.4 Å². The van der Waals surface area contributed by atoms with Gasteiger partial charge in [0.25, 0.3) is 5.91 Å². The van der Waals surface area contributed by atoms with Crippen LogP contribution in [0.3, 0.4) is 0 Å². The number of amides is 3. The van der Waals surface area contributed by atoms with Gasteiger partial charge in [-0.05, 0) is 47.9 Å². The molecule has 156 valence electrons. The monoisotopic (exact) mass is 416 g/mol. The molecule has 1 aliphatic heterocycles. The molecule has 2 aromatic heterocycles. The SMILES string of the molecule is O=C(Nc1ccc(NC(=O)N2Cc3ccncc3C2)cc1)c1coc2c1C(=O)CCC2. The number of rotatable bonds is 3. The number of nitrogens with one attached hydrogen (secondary N) is 2. The molecule has 0 saturated carbocycles. The third-order valence-corrected chi connectivity index (χ3v) is 5.61. The van der Waals surface area contributed by atoms with Crippen LogP contribution in [-0.4, -0.2) is 27.6 Å². The van der Waals surface area contributed by atoms with Gasteiger partial charge in [-0.2, -0.15) is 0 Å². The minimum absolute atomic E-state index is 0.0574. The molecule has 0 saturated heterocycles. The third kappa shape index (κ3) is 3.68. The molecule has 3 aromatic rings. The van der Waals surface area contributed by atoms with E-state index in [0.29, 0.717) is 48.6 Å². The summed E-state index contributed by atoms with van der Waals surface area (Å²) in [6.45, 7) is 1.07. The number of benzene rings is 1. The Morgan fingerprint density at radius 1 is 0.968 bits per heavy atom. The highest BCUT2D eigenvalue weighted by Crippen LogP contribution is 2.27. The zero-order valence-corrected chi connectivity index (χ0v) is 16.7. The van der Waals surface area contributed by atoms with Crippen LogP contribution in [0.15, 0.2) is 53.4 Å². The zero-order chi connectivity index (χ0) is 21.4. The predicted molar refractivity (Wildman–Crippen MR) is 113 cm³/mol. The smallest absolute Gasteiger partial charge is 0.322 e. The number of urea groups is 1. The summed E-state index contributed by atoms with van der Waals surface area (Å²) < 4.78 is 5.41. The molecule has 2 aliphatic rings. The number of furan rings is 1. The van der Waals surface area contributed by atoms with Gasteiger partial charge in [0.15, 0.2) is 5.78 Å². The molecule has 0 radical (unpaired) electrons. The number of Topliss-reactive ketones (excluding diaryl/α,β-unsaturated/α-hetero) is 1. The molecule has 3 heterocycles. The Morgan fingerprint density at radius 2 is 1.71 bits per heavy atom. The van der Waals surface area contributed by atoms with Gasteiger partial charge < -0.3 is 20.0 Å². The van der Waals surface area contributed by atoms with Crippen molar-refractivity contribution in [1.82, 2.24) is 9.88 Å². The van der Waals surface area contributed by atoms with Gasteiger partial charge in [-0.25, -0.2) is 4.79 Å². The van der Waals surface area contributed by atoms with Gasteiger partial charge in [-0.3, -0.25) is 14.6 Å². The average Bonchev–Trinajstić information content (AvgIpc) is 3.40. The van der Waals surface area contributed by atoms with E-state index in [0.717, 1.165) is 17.5 Å². The van der Waals surface area contributed by atoms with Gasteiger partial charge >= 0.3 is 6.03 Å². The Balaban J connectivity index is 1.22. The Bertz CT molecular complexity index is 1160. The van der Waals surface area contributed by atoms with E-state index in [2.05, 4.69) is 15.6 Å². The standard InChI is InChI=1S/C23H20N4O4/c28-19-2-1-3-20-21(19)18(13-31-20)22(29)25-16-4-6-17(7-5-16)26-23(30)27-11-14-8-9-24-10-15(14)12-27/h4-10,13H,1-3,11-12H2,(H,25,29)(H,26,30). The van der Waals surface area contributed by atoms with Crippen LogP contribution in [0, 0.1) is 0 Å². The van der Waals surface area contributed by atoms with E-state index in [4.69, 9.17) is 4.42 Å². The van der Waals surface area contributed by atoms with Crippen LogP contribution in [0.5, 0.6) is 0 Å². The number of carbonyl (C=O) groups excluding carboxylic acids is 3. The number of ketones is 1. The van der Waals surface area contributed by atoms with E-state index < -0.39 is 0 Å². The Hall–Kier alpha value is -3.94. The molecule has 31 heavy (non-hydrogen) atoms. The van der Waals surface area contributed by atoms with Gasteiger partial charge in [0.05, 0.1) is 11.1 Å². The number of pyridine rings is 1. The number of anilines is 2. The van der Waals surface area contributed by atoms with Crippen LogP contribution in [0.25, 0.3) is 0 Å². The van der Waals surface area contributed by atoms with Crippen molar-refractivity contribution in [2.75, 3.05) is 10.6 Å². The minimum Gasteiger partial charge on any atom is -0.468 e. The first-order valence-corrected chi connectivity index (χ1v) is 10.1. The first kappa shape index (κ1) is 19.0. The molecular formula is C23H20N4O4. The zero-order valence-electron chi connectivity index (χ0n) is 16.7. The summed E-state index contributed by atoms with van der Waals surface area (Å²) in [5.74, 6) is 0.137. The number of nitrogens with zero attached hydrogens (tertiary/aromatic N) is 2. The highest BCUT2D eigenvalue weighted by molar-refractivity contribution is 6.13. The van der Waals surface area contributed by atoms with E-state index in [1.165, 1.54) is 6.26 Å². The number of aromatic nitrogens is 1.